The SMILES string of the molecule is CCC(CC)N1N=CC(c2nc(-c3cnn(C[C@H](O)CN4CC(OC)C4)c3)cn3nccc23)C1C. The quantitative estimate of drug-likeness (QED) is 0.475. The lowest BCUT2D eigenvalue weighted by Crippen LogP contribution is -2.54. The van der Waals surface area contributed by atoms with Gasteiger partial charge in [0.25, 0.3) is 0 Å². The number of aliphatic hydroxyl groups excluding tert-OH is 1. The lowest BCUT2D eigenvalue weighted by molar-refractivity contribution is -0.0482. The molecule has 3 aromatic heterocycles. The number of nitrogens with zero attached hydrogens (tertiary/aromatic N) is 8. The van der Waals surface area contributed by atoms with Crippen molar-refractivity contribution in [2.24, 2.45) is 5.10 Å². The van der Waals surface area contributed by atoms with Crippen molar-refractivity contribution in [3.8, 4) is 11.3 Å². The Morgan fingerprint density at radius 1 is 1.14 bits per heavy atom. The fraction of sp³-hybridized carbons (Fsp3) is 0.600. The molecule has 10 heteroatoms. The topological polar surface area (TPSA) is 96.3 Å². The summed E-state index contributed by atoms with van der Waals surface area (Å²) in [6, 6.07) is 2.66. The first kappa shape index (κ1) is 23.9. The van der Waals surface area contributed by atoms with Crippen molar-refractivity contribution in [1.82, 2.24) is 34.3 Å². The third-order valence-corrected chi connectivity index (χ3v) is 7.40. The van der Waals surface area contributed by atoms with Crippen molar-refractivity contribution in [2.45, 2.75) is 70.4 Å². The molecule has 0 aliphatic carbocycles. The highest BCUT2D eigenvalue weighted by molar-refractivity contribution is 5.75. The van der Waals surface area contributed by atoms with Gasteiger partial charge in [0.05, 0.1) is 66.2 Å². The van der Waals surface area contributed by atoms with E-state index in [0.29, 0.717) is 19.1 Å². The molecule has 1 fully saturated rings. The average Bonchev–Trinajstić information content (AvgIpc) is 3.57. The molecule has 1 saturated heterocycles. The number of β-amino-alcohol motifs (C(OH)–C–C–N with tert-alkyl or cyclic N) is 1. The minimum Gasteiger partial charge on any atom is -0.390 e. The van der Waals surface area contributed by atoms with Gasteiger partial charge in [-0.2, -0.15) is 15.3 Å². The Bertz CT molecular complexity index is 1160. The first-order valence-corrected chi connectivity index (χ1v) is 12.6. The highest BCUT2D eigenvalue weighted by Gasteiger charge is 2.34. The first-order valence-electron chi connectivity index (χ1n) is 12.6. The monoisotopic (exact) mass is 480 g/mol. The van der Waals surface area contributed by atoms with Crippen LogP contribution in [-0.2, 0) is 11.3 Å². The van der Waals surface area contributed by atoms with E-state index < -0.39 is 6.10 Å². The maximum atomic E-state index is 10.5. The molecule has 3 aromatic rings. The Kier molecular flexibility index (Phi) is 6.86. The van der Waals surface area contributed by atoms with Crippen molar-refractivity contribution in [3.63, 3.8) is 0 Å². The fourth-order valence-corrected chi connectivity index (χ4v) is 5.26. The molecule has 0 aromatic carbocycles. The number of aliphatic hydroxyl groups is 1. The van der Waals surface area contributed by atoms with Crippen LogP contribution in [-0.4, -0.2) is 96.6 Å². The van der Waals surface area contributed by atoms with Gasteiger partial charge < -0.3 is 9.84 Å². The second kappa shape index (κ2) is 10.0. The molecule has 0 spiro atoms. The van der Waals surface area contributed by atoms with E-state index in [0.717, 1.165) is 48.4 Å². The Morgan fingerprint density at radius 2 is 1.94 bits per heavy atom. The number of methoxy groups -OCH3 is 1. The summed E-state index contributed by atoms with van der Waals surface area (Å²) < 4.78 is 8.99. The molecule has 2 aliphatic rings. The molecule has 1 N–H and O–H groups in total. The van der Waals surface area contributed by atoms with Crippen LogP contribution in [0.3, 0.4) is 0 Å². The Balaban J connectivity index is 1.34. The third kappa shape index (κ3) is 4.70. The molecule has 0 amide bonds. The van der Waals surface area contributed by atoms with Gasteiger partial charge in [-0.1, -0.05) is 13.8 Å². The maximum Gasteiger partial charge on any atom is 0.0921 e. The number of hydrogen-bond donors (Lipinski definition) is 1. The fourth-order valence-electron chi connectivity index (χ4n) is 5.26. The summed E-state index contributed by atoms with van der Waals surface area (Å²) in [6.45, 7) is 9.44. The number of ether oxygens (including phenoxy) is 1. The van der Waals surface area contributed by atoms with Crippen LogP contribution < -0.4 is 0 Å². The minimum absolute atomic E-state index is 0.0825. The van der Waals surface area contributed by atoms with Gasteiger partial charge in [-0.3, -0.25) is 14.6 Å². The van der Waals surface area contributed by atoms with Crippen LogP contribution in [0.4, 0.5) is 0 Å². The van der Waals surface area contributed by atoms with Crippen molar-refractivity contribution in [1.29, 1.82) is 0 Å². The van der Waals surface area contributed by atoms with E-state index in [4.69, 9.17) is 14.8 Å². The van der Waals surface area contributed by atoms with Crippen molar-refractivity contribution < 1.29 is 9.84 Å². The average molecular weight is 481 g/mol. The molecule has 3 atom stereocenters. The molecule has 2 unspecified atom stereocenters. The lowest BCUT2D eigenvalue weighted by atomic mass is 9.96. The van der Waals surface area contributed by atoms with E-state index in [2.05, 4.69) is 40.9 Å². The first-order chi connectivity index (χ1) is 17.0. The molecule has 35 heavy (non-hydrogen) atoms. The summed E-state index contributed by atoms with van der Waals surface area (Å²) >= 11 is 0. The van der Waals surface area contributed by atoms with Crippen molar-refractivity contribution >= 4 is 11.7 Å². The van der Waals surface area contributed by atoms with Crippen LogP contribution in [0.2, 0.25) is 0 Å². The van der Waals surface area contributed by atoms with Gasteiger partial charge in [0.1, 0.15) is 0 Å². The Hall–Kier alpha value is -2.82. The zero-order chi connectivity index (χ0) is 24.5. The van der Waals surface area contributed by atoms with Crippen LogP contribution in [0.25, 0.3) is 16.8 Å². The van der Waals surface area contributed by atoms with Crippen molar-refractivity contribution in [3.05, 3.63) is 36.5 Å². The molecule has 5 heterocycles. The summed E-state index contributed by atoms with van der Waals surface area (Å²) in [5, 5.41) is 26.5. The van der Waals surface area contributed by atoms with Crippen LogP contribution in [0.5, 0.6) is 0 Å². The van der Waals surface area contributed by atoms with Gasteiger partial charge in [0.2, 0.25) is 0 Å². The van der Waals surface area contributed by atoms with E-state index in [1.165, 1.54) is 0 Å². The van der Waals surface area contributed by atoms with Gasteiger partial charge in [-0.05, 0) is 25.8 Å². The number of aromatic nitrogens is 5. The number of rotatable bonds is 10. The zero-order valence-electron chi connectivity index (χ0n) is 21.0. The van der Waals surface area contributed by atoms with Gasteiger partial charge in [0.15, 0.2) is 0 Å². The largest absolute Gasteiger partial charge is 0.390 e. The van der Waals surface area contributed by atoms with Crippen LogP contribution in [0.1, 0.15) is 45.2 Å². The normalized spacial score (nSPS) is 21.9. The van der Waals surface area contributed by atoms with Crippen LogP contribution >= 0.6 is 0 Å². The third-order valence-electron chi connectivity index (χ3n) is 7.40. The minimum atomic E-state index is -0.496. The van der Waals surface area contributed by atoms with Crippen LogP contribution in [0.15, 0.2) is 36.0 Å². The molecule has 10 nitrogen and oxygen atoms in total. The lowest BCUT2D eigenvalue weighted by Gasteiger charge is -2.39. The second-order valence-electron chi connectivity index (χ2n) is 9.73. The zero-order valence-corrected chi connectivity index (χ0v) is 21.0. The molecule has 188 valence electrons. The van der Waals surface area contributed by atoms with E-state index in [1.807, 2.05) is 35.4 Å². The molecular formula is C25H36N8O2. The van der Waals surface area contributed by atoms with Gasteiger partial charge in [-0.15, -0.1) is 0 Å². The highest BCUT2D eigenvalue weighted by atomic mass is 16.5. The van der Waals surface area contributed by atoms with E-state index in [9.17, 15) is 5.11 Å². The molecular weight excluding hydrogens is 444 g/mol. The van der Waals surface area contributed by atoms with E-state index >= 15 is 0 Å². The summed E-state index contributed by atoms with van der Waals surface area (Å²) in [7, 11) is 1.73. The van der Waals surface area contributed by atoms with Gasteiger partial charge in [-0.25, -0.2) is 9.50 Å². The predicted molar refractivity (Wildman–Crippen MR) is 134 cm³/mol. The molecule has 0 bridgehead atoms. The number of fused-ring (bicyclic) bond motifs is 1. The van der Waals surface area contributed by atoms with E-state index in [-0.39, 0.29) is 18.1 Å². The van der Waals surface area contributed by atoms with Crippen LogP contribution in [0, 0.1) is 0 Å². The number of hydrogen-bond acceptors (Lipinski definition) is 8. The molecule has 2 aliphatic heterocycles. The molecule has 0 saturated carbocycles. The smallest absolute Gasteiger partial charge is 0.0921 e. The molecule has 5 rings (SSSR count). The maximum absolute atomic E-state index is 10.5. The predicted octanol–water partition coefficient (Wildman–Crippen LogP) is 2.25. The standard InChI is InChI=1S/C25H36N8O2/c1-5-19(6-2)33-17(3)22(10-28-33)25-24-7-8-26-32(24)16-23(29-25)18-9-27-31(11-18)13-20(34)12-30-14-21(15-30)35-4/h7-11,16-17,19-22,34H,5-6,12-15H2,1-4H3/t17?,20-,22?/m1/s1. The number of hydrazone groups is 1. The highest BCUT2D eigenvalue weighted by Crippen LogP contribution is 2.33. The molecule has 0 radical (unpaired) electrons. The second-order valence-corrected chi connectivity index (χ2v) is 9.73. The van der Waals surface area contributed by atoms with Gasteiger partial charge >= 0.3 is 0 Å². The Labute approximate surface area is 206 Å². The van der Waals surface area contributed by atoms with Crippen molar-refractivity contribution in [2.75, 3.05) is 26.7 Å². The summed E-state index contributed by atoms with van der Waals surface area (Å²) in [5.74, 6) is 0.0825. The number of likely N-dealkylation sites (tertiary alicyclic amines) is 1. The summed E-state index contributed by atoms with van der Waals surface area (Å²) in [5.41, 5.74) is 3.68. The summed E-state index contributed by atoms with van der Waals surface area (Å²) in [4.78, 5) is 7.28. The van der Waals surface area contributed by atoms with Gasteiger partial charge in [0, 0.05) is 50.8 Å². The summed E-state index contributed by atoms with van der Waals surface area (Å²) in [6.07, 6.45) is 11.5. The van der Waals surface area contributed by atoms with E-state index in [1.54, 1.807) is 18.0 Å². The Morgan fingerprint density at radius 3 is 2.69 bits per heavy atom.